The van der Waals surface area contributed by atoms with Gasteiger partial charge in [-0.2, -0.15) is 0 Å². The molecule has 1 saturated heterocycles. The van der Waals surface area contributed by atoms with Crippen LogP contribution in [0.1, 0.15) is 25.3 Å². The first kappa shape index (κ1) is 15.4. The van der Waals surface area contributed by atoms with Crippen LogP contribution in [0.3, 0.4) is 0 Å². The molecule has 1 unspecified atom stereocenters. The molecule has 0 radical (unpaired) electrons. The van der Waals surface area contributed by atoms with Gasteiger partial charge in [0.05, 0.1) is 6.54 Å². The molecule has 1 aromatic carbocycles. The zero-order valence-corrected chi connectivity index (χ0v) is 12.8. The minimum atomic E-state index is -0.192. The van der Waals surface area contributed by atoms with Crippen molar-refractivity contribution in [1.29, 1.82) is 0 Å². The lowest BCUT2D eigenvalue weighted by atomic mass is 10.1. The summed E-state index contributed by atoms with van der Waals surface area (Å²) in [5.74, 6) is 0.235. The predicted octanol–water partition coefficient (Wildman–Crippen LogP) is 1.52. The number of nitrogens with zero attached hydrogens (tertiary/aromatic N) is 1. The predicted molar refractivity (Wildman–Crippen MR) is 85.9 cm³/mol. The molecule has 5 nitrogen and oxygen atoms in total. The van der Waals surface area contributed by atoms with E-state index in [0.717, 1.165) is 12.0 Å². The van der Waals surface area contributed by atoms with Crippen LogP contribution in [0.4, 0.5) is 5.69 Å². The fourth-order valence-corrected chi connectivity index (χ4v) is 2.51. The van der Waals surface area contributed by atoms with E-state index in [1.807, 2.05) is 0 Å². The molecule has 0 aromatic heterocycles. The van der Waals surface area contributed by atoms with Crippen molar-refractivity contribution in [1.82, 2.24) is 4.90 Å². The van der Waals surface area contributed by atoms with Gasteiger partial charge in [-0.1, -0.05) is 25.6 Å². The molecular weight excluding hydrogens is 286 g/mol. The first-order valence-electron chi connectivity index (χ1n) is 6.97. The van der Waals surface area contributed by atoms with Crippen molar-refractivity contribution >= 4 is 34.7 Å². The van der Waals surface area contributed by atoms with E-state index in [9.17, 15) is 9.59 Å². The fourth-order valence-electron chi connectivity index (χ4n) is 2.37. The third kappa shape index (κ3) is 4.01. The maximum atomic E-state index is 12.0. The molecule has 2 amide bonds. The van der Waals surface area contributed by atoms with Crippen LogP contribution in [0.25, 0.3) is 0 Å². The SMILES string of the molecule is CCC1CC(=O)N(CC(=O)Nc2ccc(C(N)=S)cc2)C1. The van der Waals surface area contributed by atoms with E-state index in [0.29, 0.717) is 29.6 Å². The maximum Gasteiger partial charge on any atom is 0.243 e. The van der Waals surface area contributed by atoms with Crippen molar-refractivity contribution in [3.05, 3.63) is 29.8 Å². The second kappa shape index (κ2) is 6.67. The molecule has 112 valence electrons. The number of hydrogen-bond donors (Lipinski definition) is 2. The molecule has 1 aromatic rings. The van der Waals surface area contributed by atoms with Crippen molar-refractivity contribution in [2.24, 2.45) is 11.7 Å². The Balaban J connectivity index is 1.90. The van der Waals surface area contributed by atoms with Gasteiger partial charge in [-0.25, -0.2) is 0 Å². The highest BCUT2D eigenvalue weighted by molar-refractivity contribution is 7.80. The molecule has 6 heteroatoms. The topological polar surface area (TPSA) is 75.4 Å². The highest BCUT2D eigenvalue weighted by atomic mass is 32.1. The lowest BCUT2D eigenvalue weighted by Gasteiger charge is -2.16. The molecule has 21 heavy (non-hydrogen) atoms. The first-order valence-corrected chi connectivity index (χ1v) is 7.38. The quantitative estimate of drug-likeness (QED) is 0.809. The highest BCUT2D eigenvalue weighted by Crippen LogP contribution is 2.20. The number of amides is 2. The van der Waals surface area contributed by atoms with Gasteiger partial charge in [0.25, 0.3) is 0 Å². The van der Waals surface area contributed by atoms with Gasteiger partial charge in [0.1, 0.15) is 4.99 Å². The monoisotopic (exact) mass is 305 g/mol. The first-order chi connectivity index (χ1) is 9.99. The summed E-state index contributed by atoms with van der Waals surface area (Å²) in [6.07, 6.45) is 1.51. The fraction of sp³-hybridized carbons (Fsp3) is 0.400. The van der Waals surface area contributed by atoms with Gasteiger partial charge in [0, 0.05) is 24.2 Å². The number of carbonyl (C=O) groups excluding carboxylic acids is 2. The molecule has 1 fully saturated rings. The van der Waals surface area contributed by atoms with Crippen LogP contribution in [-0.4, -0.2) is 34.8 Å². The van der Waals surface area contributed by atoms with E-state index in [-0.39, 0.29) is 18.4 Å². The molecule has 1 atom stereocenters. The number of rotatable bonds is 5. The number of benzene rings is 1. The second-order valence-electron chi connectivity index (χ2n) is 5.24. The summed E-state index contributed by atoms with van der Waals surface area (Å²) in [4.78, 5) is 25.7. The Kier molecular flexibility index (Phi) is 4.90. The maximum absolute atomic E-state index is 12.0. The average molecular weight is 305 g/mol. The van der Waals surface area contributed by atoms with Crippen LogP contribution in [-0.2, 0) is 9.59 Å². The molecule has 0 aliphatic carbocycles. The molecule has 1 aliphatic heterocycles. The van der Waals surface area contributed by atoms with Crippen LogP contribution in [0.5, 0.6) is 0 Å². The van der Waals surface area contributed by atoms with Crippen molar-refractivity contribution in [2.75, 3.05) is 18.4 Å². The number of hydrogen-bond acceptors (Lipinski definition) is 3. The average Bonchev–Trinajstić information content (AvgIpc) is 2.80. The van der Waals surface area contributed by atoms with Gasteiger partial charge < -0.3 is 16.0 Å². The van der Waals surface area contributed by atoms with E-state index in [1.165, 1.54) is 0 Å². The molecule has 1 heterocycles. The summed E-state index contributed by atoms with van der Waals surface area (Å²) >= 11 is 4.87. The van der Waals surface area contributed by atoms with Crippen LogP contribution in [0, 0.1) is 5.92 Å². The summed E-state index contributed by atoms with van der Waals surface area (Å²) in [5.41, 5.74) is 6.93. The smallest absolute Gasteiger partial charge is 0.243 e. The lowest BCUT2D eigenvalue weighted by Crippen LogP contribution is -2.34. The Bertz CT molecular complexity index is 557. The van der Waals surface area contributed by atoms with Gasteiger partial charge in [-0.3, -0.25) is 9.59 Å². The minimum Gasteiger partial charge on any atom is -0.389 e. The Morgan fingerprint density at radius 3 is 2.62 bits per heavy atom. The molecule has 0 bridgehead atoms. The number of nitrogens with two attached hydrogens (primary N) is 1. The van der Waals surface area contributed by atoms with Crippen LogP contribution >= 0.6 is 12.2 Å². The molecule has 1 aliphatic rings. The van der Waals surface area contributed by atoms with E-state index < -0.39 is 0 Å². The zero-order valence-electron chi connectivity index (χ0n) is 12.0. The normalized spacial score (nSPS) is 17.9. The van der Waals surface area contributed by atoms with Crippen molar-refractivity contribution in [2.45, 2.75) is 19.8 Å². The van der Waals surface area contributed by atoms with Crippen molar-refractivity contribution in [3.63, 3.8) is 0 Å². The van der Waals surface area contributed by atoms with Crippen molar-refractivity contribution in [3.8, 4) is 0 Å². The number of thiocarbonyl (C=S) groups is 1. The number of nitrogens with one attached hydrogen (secondary N) is 1. The number of carbonyl (C=O) groups is 2. The minimum absolute atomic E-state index is 0.0563. The Labute approximate surface area is 129 Å². The summed E-state index contributed by atoms with van der Waals surface area (Å²) in [5, 5.41) is 2.77. The van der Waals surface area contributed by atoms with Gasteiger partial charge in [-0.05, 0) is 30.2 Å². The molecule has 2 rings (SSSR count). The highest BCUT2D eigenvalue weighted by Gasteiger charge is 2.29. The Morgan fingerprint density at radius 2 is 2.10 bits per heavy atom. The summed E-state index contributed by atoms with van der Waals surface area (Å²) in [6, 6.07) is 7.00. The van der Waals surface area contributed by atoms with Crippen molar-refractivity contribution < 1.29 is 9.59 Å². The molecular formula is C15H19N3O2S. The number of anilines is 1. The van der Waals surface area contributed by atoms with Crippen LogP contribution < -0.4 is 11.1 Å². The molecule has 3 N–H and O–H groups in total. The lowest BCUT2D eigenvalue weighted by molar-refractivity contribution is -0.131. The summed E-state index contributed by atoms with van der Waals surface area (Å²) in [6.45, 7) is 2.83. The van der Waals surface area contributed by atoms with Gasteiger partial charge in [-0.15, -0.1) is 0 Å². The van der Waals surface area contributed by atoms with Gasteiger partial charge in [0.2, 0.25) is 11.8 Å². The number of likely N-dealkylation sites (tertiary alicyclic amines) is 1. The summed E-state index contributed by atoms with van der Waals surface area (Å²) < 4.78 is 0. The van der Waals surface area contributed by atoms with Gasteiger partial charge >= 0.3 is 0 Å². The van der Waals surface area contributed by atoms with E-state index >= 15 is 0 Å². The Hall–Kier alpha value is -1.95. The summed E-state index contributed by atoms with van der Waals surface area (Å²) in [7, 11) is 0. The third-order valence-corrected chi connectivity index (χ3v) is 3.90. The van der Waals surface area contributed by atoms with Crippen LogP contribution in [0.15, 0.2) is 24.3 Å². The van der Waals surface area contributed by atoms with E-state index in [1.54, 1.807) is 29.2 Å². The van der Waals surface area contributed by atoms with Crippen LogP contribution in [0.2, 0.25) is 0 Å². The Morgan fingerprint density at radius 1 is 1.43 bits per heavy atom. The zero-order chi connectivity index (χ0) is 15.4. The third-order valence-electron chi connectivity index (χ3n) is 3.66. The van der Waals surface area contributed by atoms with E-state index in [4.69, 9.17) is 18.0 Å². The molecule has 0 saturated carbocycles. The second-order valence-corrected chi connectivity index (χ2v) is 5.68. The largest absolute Gasteiger partial charge is 0.389 e. The van der Waals surface area contributed by atoms with E-state index in [2.05, 4.69) is 12.2 Å². The standard InChI is InChI=1S/C15H19N3O2S/c1-2-10-7-14(20)18(8-10)9-13(19)17-12-5-3-11(4-6-12)15(16)21/h3-6,10H,2,7-9H2,1H3,(H2,16,21)(H,17,19). The molecule has 0 spiro atoms. The van der Waals surface area contributed by atoms with Gasteiger partial charge in [0.15, 0.2) is 0 Å².